The fourth-order valence-corrected chi connectivity index (χ4v) is 3.69. The summed E-state index contributed by atoms with van der Waals surface area (Å²) >= 11 is 0. The second kappa shape index (κ2) is 12.1. The van der Waals surface area contributed by atoms with Crippen molar-refractivity contribution < 1.29 is 28.6 Å². The minimum atomic E-state index is -0.704. The van der Waals surface area contributed by atoms with E-state index in [4.69, 9.17) is 14.2 Å². The predicted octanol–water partition coefficient (Wildman–Crippen LogP) is 5.99. The molecule has 1 aromatic heterocycles. The molecule has 2 N–H and O–H groups in total. The van der Waals surface area contributed by atoms with Gasteiger partial charge in [-0.05, 0) is 44.0 Å². The van der Waals surface area contributed by atoms with Crippen molar-refractivity contribution >= 4 is 35.0 Å². The highest BCUT2D eigenvalue weighted by atomic mass is 16.6. The van der Waals surface area contributed by atoms with Gasteiger partial charge in [-0.25, -0.2) is 23.9 Å². The summed E-state index contributed by atoms with van der Waals surface area (Å²) in [5.74, 6) is 0. The minimum Gasteiger partial charge on any atom is -0.445 e. The Morgan fingerprint density at radius 2 is 1.46 bits per heavy atom. The summed E-state index contributed by atoms with van der Waals surface area (Å²) in [6, 6.07) is 21.8. The van der Waals surface area contributed by atoms with Gasteiger partial charge in [0.05, 0.1) is 11.0 Å². The number of hydrogen-bond donors (Lipinski definition) is 2. The number of amides is 2. The summed E-state index contributed by atoms with van der Waals surface area (Å²) in [4.78, 5) is 42.1. The zero-order chi connectivity index (χ0) is 27.8. The molecule has 10 nitrogen and oxygen atoms in total. The van der Waals surface area contributed by atoms with Gasteiger partial charge in [-0.3, -0.25) is 5.32 Å². The molecule has 0 bridgehead atoms. The molecule has 0 saturated carbocycles. The molecule has 0 aliphatic rings. The summed E-state index contributed by atoms with van der Waals surface area (Å²) < 4.78 is 17.4. The number of carbonyl (C=O) groups is 3. The van der Waals surface area contributed by atoms with E-state index in [1.54, 1.807) is 32.9 Å². The Bertz CT molecular complexity index is 1450. The number of fused-ring (bicyclic) bond motifs is 1. The first kappa shape index (κ1) is 27.2. The fourth-order valence-electron chi connectivity index (χ4n) is 3.69. The van der Waals surface area contributed by atoms with Crippen LogP contribution in [0.25, 0.3) is 11.0 Å². The average molecular weight is 531 g/mol. The topological polar surface area (TPSA) is 121 Å². The number of nitrogens with one attached hydrogen (secondary N) is 2. The summed E-state index contributed by atoms with van der Waals surface area (Å²) in [7, 11) is 0. The molecular weight excluding hydrogens is 500 g/mol. The maximum Gasteiger partial charge on any atom is 0.420 e. The second-order valence-corrected chi connectivity index (χ2v) is 9.70. The molecule has 2 amide bonds. The predicted molar refractivity (Wildman–Crippen MR) is 145 cm³/mol. The Labute approximate surface area is 225 Å². The van der Waals surface area contributed by atoms with Crippen LogP contribution in [0.2, 0.25) is 0 Å². The summed E-state index contributed by atoms with van der Waals surface area (Å²) in [6.45, 7) is 5.49. The van der Waals surface area contributed by atoms with Crippen molar-refractivity contribution in [1.29, 1.82) is 0 Å². The molecule has 4 aromatic rings. The van der Waals surface area contributed by atoms with E-state index < -0.39 is 23.9 Å². The maximum absolute atomic E-state index is 12.9. The lowest BCUT2D eigenvalue weighted by atomic mass is 10.1. The zero-order valence-electron chi connectivity index (χ0n) is 22.0. The van der Waals surface area contributed by atoms with Gasteiger partial charge < -0.3 is 19.5 Å². The smallest absolute Gasteiger partial charge is 0.420 e. The number of alkyl carbamates (subject to hydrolysis) is 1. The molecule has 4 rings (SSSR count). The average Bonchev–Trinajstić information content (AvgIpc) is 3.33. The molecule has 0 unspecified atom stereocenters. The lowest BCUT2D eigenvalue weighted by Crippen LogP contribution is -2.27. The van der Waals surface area contributed by atoms with Crippen LogP contribution in [0.15, 0.2) is 79.1 Å². The summed E-state index contributed by atoms with van der Waals surface area (Å²) in [5, 5.41) is 5.38. The van der Waals surface area contributed by atoms with Crippen LogP contribution in [0.1, 0.15) is 37.5 Å². The van der Waals surface area contributed by atoms with E-state index in [0.717, 1.165) is 11.1 Å². The lowest BCUT2D eigenvalue weighted by molar-refractivity contribution is 0.0635. The lowest BCUT2D eigenvalue weighted by Gasteiger charge is -2.20. The first-order valence-corrected chi connectivity index (χ1v) is 12.3. The first-order valence-electron chi connectivity index (χ1n) is 12.3. The van der Waals surface area contributed by atoms with Crippen LogP contribution in [0, 0.1) is 0 Å². The van der Waals surface area contributed by atoms with Crippen LogP contribution < -0.4 is 10.6 Å². The number of hydrogen-bond acceptors (Lipinski definition) is 7. The van der Waals surface area contributed by atoms with E-state index in [1.807, 2.05) is 60.7 Å². The first-order chi connectivity index (χ1) is 18.7. The van der Waals surface area contributed by atoms with Crippen molar-refractivity contribution in [2.45, 2.75) is 46.1 Å². The van der Waals surface area contributed by atoms with Crippen molar-refractivity contribution in [2.24, 2.45) is 0 Å². The normalized spacial score (nSPS) is 11.1. The Balaban J connectivity index is 1.53. The van der Waals surface area contributed by atoms with Crippen LogP contribution in [0.3, 0.4) is 0 Å². The fraction of sp³-hybridized carbons (Fsp3) is 0.241. The third-order valence-electron chi connectivity index (χ3n) is 5.41. The zero-order valence-corrected chi connectivity index (χ0v) is 22.0. The number of ether oxygens (including phenoxy) is 3. The Morgan fingerprint density at radius 3 is 2.08 bits per heavy atom. The number of rotatable bonds is 7. The molecular formula is C29H30N4O6. The SMILES string of the molecule is CC(C)(C)OC(=O)Nc1cc(CNC(=O)OCc2ccccc2)c2ncn(C(=O)OCc3ccccc3)c2c1. The summed E-state index contributed by atoms with van der Waals surface area (Å²) in [6.07, 6.45) is -0.594. The number of nitrogens with zero attached hydrogens (tertiary/aromatic N) is 2. The standard InChI is InChI=1S/C29H30N4O6/c1-29(2,3)39-27(35)32-23-14-22(16-30-26(34)37-17-20-10-6-4-7-11-20)25-24(15-23)33(19-31-25)28(36)38-18-21-12-8-5-9-13-21/h4-15,19H,16-18H2,1-3H3,(H,30,34)(H,32,35). The van der Waals surface area contributed by atoms with Gasteiger partial charge in [0.2, 0.25) is 0 Å². The van der Waals surface area contributed by atoms with E-state index in [-0.39, 0.29) is 19.8 Å². The molecule has 0 atom stereocenters. The molecule has 0 fully saturated rings. The van der Waals surface area contributed by atoms with Gasteiger partial charge >= 0.3 is 18.3 Å². The van der Waals surface area contributed by atoms with Crippen LogP contribution in [-0.2, 0) is 34.0 Å². The minimum absolute atomic E-state index is 0.0318. The van der Waals surface area contributed by atoms with Crippen molar-refractivity contribution in [2.75, 3.05) is 5.32 Å². The van der Waals surface area contributed by atoms with Gasteiger partial charge in [0, 0.05) is 17.8 Å². The van der Waals surface area contributed by atoms with Crippen molar-refractivity contribution in [3.63, 3.8) is 0 Å². The molecule has 3 aromatic carbocycles. The van der Waals surface area contributed by atoms with Gasteiger partial charge in [-0.2, -0.15) is 0 Å². The van der Waals surface area contributed by atoms with Gasteiger partial charge in [-0.15, -0.1) is 0 Å². The van der Waals surface area contributed by atoms with Gasteiger partial charge in [0.15, 0.2) is 0 Å². The van der Waals surface area contributed by atoms with Gasteiger partial charge in [0.1, 0.15) is 25.1 Å². The Kier molecular flexibility index (Phi) is 8.45. The third kappa shape index (κ3) is 7.81. The number of carbonyl (C=O) groups excluding carboxylic acids is 3. The monoisotopic (exact) mass is 530 g/mol. The molecule has 39 heavy (non-hydrogen) atoms. The van der Waals surface area contributed by atoms with E-state index >= 15 is 0 Å². The Hall–Kier alpha value is -4.86. The van der Waals surface area contributed by atoms with Crippen molar-refractivity contribution in [3.8, 4) is 0 Å². The second-order valence-electron chi connectivity index (χ2n) is 9.70. The molecule has 10 heteroatoms. The van der Waals surface area contributed by atoms with Gasteiger partial charge in [0.25, 0.3) is 0 Å². The number of anilines is 1. The van der Waals surface area contributed by atoms with E-state index in [2.05, 4.69) is 15.6 Å². The van der Waals surface area contributed by atoms with Crippen LogP contribution in [0.4, 0.5) is 20.1 Å². The van der Waals surface area contributed by atoms with Crippen LogP contribution >= 0.6 is 0 Å². The third-order valence-corrected chi connectivity index (χ3v) is 5.41. The molecule has 1 heterocycles. The van der Waals surface area contributed by atoms with Gasteiger partial charge in [-0.1, -0.05) is 60.7 Å². The largest absolute Gasteiger partial charge is 0.445 e. The molecule has 202 valence electrons. The quantitative estimate of drug-likeness (QED) is 0.281. The van der Waals surface area contributed by atoms with Crippen molar-refractivity contribution in [1.82, 2.24) is 14.9 Å². The van der Waals surface area contributed by atoms with Crippen LogP contribution in [-0.4, -0.2) is 33.4 Å². The van der Waals surface area contributed by atoms with Crippen molar-refractivity contribution in [3.05, 3.63) is 95.8 Å². The summed E-state index contributed by atoms with van der Waals surface area (Å²) in [5.41, 5.74) is 2.71. The highest BCUT2D eigenvalue weighted by molar-refractivity contribution is 5.94. The molecule has 0 radical (unpaired) electrons. The Morgan fingerprint density at radius 1 is 0.846 bits per heavy atom. The molecule has 0 aliphatic carbocycles. The molecule has 0 aliphatic heterocycles. The molecule has 0 spiro atoms. The van der Waals surface area contributed by atoms with E-state index in [9.17, 15) is 14.4 Å². The maximum atomic E-state index is 12.9. The molecule has 0 saturated heterocycles. The van der Waals surface area contributed by atoms with E-state index in [0.29, 0.717) is 22.3 Å². The number of benzene rings is 3. The van der Waals surface area contributed by atoms with E-state index in [1.165, 1.54) is 10.9 Å². The highest BCUT2D eigenvalue weighted by Crippen LogP contribution is 2.25. The number of imidazole rings is 1. The highest BCUT2D eigenvalue weighted by Gasteiger charge is 2.20. The number of aromatic nitrogens is 2. The van der Waals surface area contributed by atoms with Crippen LogP contribution in [0.5, 0.6) is 0 Å².